The standard InChI is InChI=1S/C5H7IO/c1-7-5-3-2-4-6/h4-5H2,1H3. The molecule has 0 fully saturated rings. The summed E-state index contributed by atoms with van der Waals surface area (Å²) in [6, 6.07) is 0. The van der Waals surface area contributed by atoms with Crippen LogP contribution in [0.1, 0.15) is 0 Å². The van der Waals surface area contributed by atoms with Gasteiger partial charge >= 0.3 is 0 Å². The van der Waals surface area contributed by atoms with Crippen molar-refractivity contribution in [3.8, 4) is 11.8 Å². The lowest BCUT2D eigenvalue weighted by molar-refractivity contribution is 0.240. The Morgan fingerprint density at radius 3 is 2.71 bits per heavy atom. The van der Waals surface area contributed by atoms with E-state index < -0.39 is 0 Å². The molecule has 1 nitrogen and oxygen atoms in total. The average molecular weight is 210 g/mol. The fraction of sp³-hybridized carbons (Fsp3) is 0.600. The predicted octanol–water partition coefficient (Wildman–Crippen LogP) is 1.07. The Morgan fingerprint density at radius 1 is 1.57 bits per heavy atom. The molecule has 0 aromatic carbocycles. The summed E-state index contributed by atoms with van der Waals surface area (Å²) in [5, 5.41) is 0. The lowest BCUT2D eigenvalue weighted by Gasteiger charge is -1.79. The van der Waals surface area contributed by atoms with E-state index in [4.69, 9.17) is 0 Å². The van der Waals surface area contributed by atoms with Crippen LogP contribution in [0.2, 0.25) is 0 Å². The zero-order chi connectivity index (χ0) is 5.54. The molecule has 0 heterocycles. The van der Waals surface area contributed by atoms with E-state index in [2.05, 4.69) is 39.2 Å². The highest BCUT2D eigenvalue weighted by Gasteiger charge is 1.64. The molecule has 0 spiro atoms. The van der Waals surface area contributed by atoms with Crippen LogP contribution in [0, 0.1) is 11.8 Å². The minimum absolute atomic E-state index is 0.559. The van der Waals surface area contributed by atoms with Crippen molar-refractivity contribution in [2.24, 2.45) is 0 Å². The molecule has 0 aromatic rings. The van der Waals surface area contributed by atoms with Gasteiger partial charge in [0.25, 0.3) is 0 Å². The zero-order valence-electron chi connectivity index (χ0n) is 4.20. The normalized spacial score (nSPS) is 7.14. The Bertz CT molecular complexity index is 79.8. The molecule has 0 rings (SSSR count). The highest BCUT2D eigenvalue weighted by molar-refractivity contribution is 14.1. The van der Waals surface area contributed by atoms with Gasteiger partial charge in [-0.2, -0.15) is 0 Å². The van der Waals surface area contributed by atoms with Gasteiger partial charge in [-0.05, 0) is 0 Å². The smallest absolute Gasteiger partial charge is 0.107 e. The van der Waals surface area contributed by atoms with Gasteiger partial charge in [0.2, 0.25) is 0 Å². The molecule has 0 aliphatic carbocycles. The molecule has 0 amide bonds. The van der Waals surface area contributed by atoms with Crippen molar-refractivity contribution < 1.29 is 4.74 Å². The predicted molar refractivity (Wildman–Crippen MR) is 38.5 cm³/mol. The van der Waals surface area contributed by atoms with E-state index in [9.17, 15) is 0 Å². The molecule has 0 N–H and O–H groups in total. The fourth-order valence-corrected chi connectivity index (χ4v) is 0.440. The number of alkyl halides is 1. The zero-order valence-corrected chi connectivity index (χ0v) is 6.36. The second kappa shape index (κ2) is 6.25. The molecule has 0 saturated carbocycles. The molecule has 0 radical (unpaired) electrons. The molecule has 0 unspecified atom stereocenters. The fourth-order valence-electron chi connectivity index (χ4n) is 0.170. The van der Waals surface area contributed by atoms with E-state index >= 15 is 0 Å². The SMILES string of the molecule is COCC#CCI. The maximum Gasteiger partial charge on any atom is 0.107 e. The molecule has 0 bridgehead atoms. The van der Waals surface area contributed by atoms with Crippen LogP contribution >= 0.6 is 22.6 Å². The first-order valence-corrected chi connectivity index (χ1v) is 3.45. The number of hydrogen-bond donors (Lipinski definition) is 0. The number of halogens is 1. The molecule has 7 heavy (non-hydrogen) atoms. The first kappa shape index (κ1) is 7.25. The van der Waals surface area contributed by atoms with Gasteiger partial charge in [0.15, 0.2) is 0 Å². The van der Waals surface area contributed by atoms with Crippen LogP contribution in [0.5, 0.6) is 0 Å². The molecule has 0 aliphatic rings. The molecule has 0 atom stereocenters. The van der Waals surface area contributed by atoms with Gasteiger partial charge in [-0.25, -0.2) is 0 Å². The van der Waals surface area contributed by atoms with Crippen molar-refractivity contribution in [2.45, 2.75) is 0 Å². The molecule has 0 aromatic heterocycles. The Hall–Kier alpha value is 0.250. The highest BCUT2D eigenvalue weighted by atomic mass is 127. The first-order chi connectivity index (χ1) is 3.41. The van der Waals surface area contributed by atoms with Crippen LogP contribution in [-0.4, -0.2) is 18.1 Å². The summed E-state index contributed by atoms with van der Waals surface area (Å²) in [6.45, 7) is 0.559. The van der Waals surface area contributed by atoms with Gasteiger partial charge in [-0.1, -0.05) is 34.4 Å². The second-order valence-electron chi connectivity index (χ2n) is 0.920. The summed E-state index contributed by atoms with van der Waals surface area (Å²) >= 11 is 2.20. The van der Waals surface area contributed by atoms with Gasteiger partial charge < -0.3 is 4.74 Å². The molecule has 40 valence electrons. The van der Waals surface area contributed by atoms with Gasteiger partial charge in [-0.3, -0.25) is 0 Å². The van der Waals surface area contributed by atoms with Crippen molar-refractivity contribution in [1.82, 2.24) is 0 Å². The average Bonchev–Trinajstić information content (AvgIpc) is 1.69. The Balaban J connectivity index is 2.91. The van der Waals surface area contributed by atoms with Gasteiger partial charge in [0.05, 0.1) is 4.43 Å². The first-order valence-electron chi connectivity index (χ1n) is 1.92. The van der Waals surface area contributed by atoms with Crippen LogP contribution in [0.15, 0.2) is 0 Å². The largest absolute Gasteiger partial charge is 0.372 e. The van der Waals surface area contributed by atoms with Crippen molar-refractivity contribution in [2.75, 3.05) is 18.1 Å². The van der Waals surface area contributed by atoms with Gasteiger partial charge in [0.1, 0.15) is 6.61 Å². The number of rotatable bonds is 1. The third-order valence-corrected chi connectivity index (χ3v) is 0.790. The number of methoxy groups -OCH3 is 1. The summed E-state index contributed by atoms with van der Waals surface area (Å²) in [6.07, 6.45) is 0. The lowest BCUT2D eigenvalue weighted by atomic mass is 10.6. The summed E-state index contributed by atoms with van der Waals surface area (Å²) in [4.78, 5) is 0. The lowest BCUT2D eigenvalue weighted by Crippen LogP contribution is -1.80. The number of hydrogen-bond acceptors (Lipinski definition) is 1. The van der Waals surface area contributed by atoms with Crippen LogP contribution in [0.3, 0.4) is 0 Å². The second-order valence-corrected chi connectivity index (χ2v) is 1.68. The quantitative estimate of drug-likeness (QED) is 0.357. The molecule has 0 saturated heterocycles. The van der Waals surface area contributed by atoms with Crippen molar-refractivity contribution >= 4 is 22.6 Å². The monoisotopic (exact) mass is 210 g/mol. The summed E-state index contributed by atoms with van der Waals surface area (Å²) < 4.78 is 5.56. The minimum Gasteiger partial charge on any atom is -0.372 e. The Morgan fingerprint density at radius 2 is 2.29 bits per heavy atom. The van der Waals surface area contributed by atoms with Crippen LogP contribution < -0.4 is 0 Å². The third kappa shape index (κ3) is 6.25. The van der Waals surface area contributed by atoms with E-state index in [-0.39, 0.29) is 0 Å². The summed E-state index contributed by atoms with van der Waals surface area (Å²) in [5.41, 5.74) is 0. The van der Waals surface area contributed by atoms with Crippen molar-refractivity contribution in [3.63, 3.8) is 0 Å². The Kier molecular flexibility index (Phi) is 6.47. The highest BCUT2D eigenvalue weighted by Crippen LogP contribution is 1.73. The minimum atomic E-state index is 0.559. The van der Waals surface area contributed by atoms with E-state index in [1.54, 1.807) is 7.11 Å². The van der Waals surface area contributed by atoms with E-state index in [0.717, 1.165) is 4.43 Å². The van der Waals surface area contributed by atoms with Crippen LogP contribution in [0.25, 0.3) is 0 Å². The van der Waals surface area contributed by atoms with Crippen molar-refractivity contribution in [1.29, 1.82) is 0 Å². The van der Waals surface area contributed by atoms with E-state index in [1.165, 1.54) is 0 Å². The summed E-state index contributed by atoms with van der Waals surface area (Å²) in [7, 11) is 1.64. The Labute approximate surface area is 57.6 Å². The van der Waals surface area contributed by atoms with E-state index in [0.29, 0.717) is 6.61 Å². The maximum absolute atomic E-state index is 4.67. The van der Waals surface area contributed by atoms with Crippen LogP contribution in [0.4, 0.5) is 0 Å². The molecule has 0 aliphatic heterocycles. The van der Waals surface area contributed by atoms with Crippen LogP contribution in [-0.2, 0) is 4.74 Å². The molecular weight excluding hydrogens is 203 g/mol. The summed E-state index contributed by atoms with van der Waals surface area (Å²) in [5.74, 6) is 5.67. The topological polar surface area (TPSA) is 9.23 Å². The van der Waals surface area contributed by atoms with Gasteiger partial charge in [-0.15, -0.1) is 0 Å². The maximum atomic E-state index is 4.67. The van der Waals surface area contributed by atoms with E-state index in [1.807, 2.05) is 0 Å². The molecule has 2 heteroatoms. The third-order valence-electron chi connectivity index (χ3n) is 0.408. The number of ether oxygens (including phenoxy) is 1. The molecular formula is C5H7IO. The van der Waals surface area contributed by atoms with Gasteiger partial charge in [0, 0.05) is 7.11 Å². The van der Waals surface area contributed by atoms with Crippen molar-refractivity contribution in [3.05, 3.63) is 0 Å².